The zero-order chi connectivity index (χ0) is 23.4. The highest BCUT2D eigenvalue weighted by Gasteiger charge is 2.29. The van der Waals surface area contributed by atoms with Gasteiger partial charge in [-0.3, -0.25) is 18.9 Å². The third-order valence-electron chi connectivity index (χ3n) is 5.44. The SMILES string of the molecule is Cc1ccc(S(=O)(=O)N2CCCc3ccc(NC(=O)C(=O)NCc4ccncc4)cc32)cc1. The van der Waals surface area contributed by atoms with Gasteiger partial charge < -0.3 is 10.6 Å². The molecule has 2 amide bonds. The number of nitrogens with one attached hydrogen (secondary N) is 2. The first-order chi connectivity index (χ1) is 15.8. The van der Waals surface area contributed by atoms with Crippen molar-refractivity contribution >= 4 is 33.2 Å². The average Bonchev–Trinajstić information content (AvgIpc) is 2.83. The van der Waals surface area contributed by atoms with Gasteiger partial charge in [-0.25, -0.2) is 8.42 Å². The maximum absolute atomic E-state index is 13.3. The van der Waals surface area contributed by atoms with E-state index in [1.54, 1.807) is 67.0 Å². The summed E-state index contributed by atoms with van der Waals surface area (Å²) in [6.45, 7) is 2.43. The number of carbonyl (C=O) groups is 2. The van der Waals surface area contributed by atoms with Crippen molar-refractivity contribution in [3.8, 4) is 0 Å². The lowest BCUT2D eigenvalue weighted by Crippen LogP contribution is -2.36. The number of carbonyl (C=O) groups excluding carboxylic acids is 2. The second kappa shape index (κ2) is 9.41. The first-order valence-corrected chi connectivity index (χ1v) is 12.0. The van der Waals surface area contributed by atoms with E-state index in [1.807, 2.05) is 6.92 Å². The van der Waals surface area contributed by atoms with Crippen LogP contribution in [0.4, 0.5) is 11.4 Å². The second-order valence-electron chi connectivity index (χ2n) is 7.83. The molecule has 4 rings (SSSR count). The number of rotatable bonds is 5. The summed E-state index contributed by atoms with van der Waals surface area (Å²) in [4.78, 5) is 28.7. The quantitative estimate of drug-likeness (QED) is 0.565. The van der Waals surface area contributed by atoms with E-state index in [2.05, 4.69) is 15.6 Å². The molecular formula is C24H24N4O4S. The molecule has 0 spiro atoms. The van der Waals surface area contributed by atoms with Gasteiger partial charge in [-0.15, -0.1) is 0 Å². The highest BCUT2D eigenvalue weighted by molar-refractivity contribution is 7.92. The zero-order valence-electron chi connectivity index (χ0n) is 18.1. The van der Waals surface area contributed by atoms with Crippen molar-refractivity contribution < 1.29 is 18.0 Å². The van der Waals surface area contributed by atoms with Crippen LogP contribution >= 0.6 is 0 Å². The van der Waals surface area contributed by atoms with Gasteiger partial charge in [0.2, 0.25) is 0 Å². The van der Waals surface area contributed by atoms with Gasteiger partial charge in [-0.1, -0.05) is 23.8 Å². The Balaban J connectivity index is 1.51. The molecule has 0 saturated heterocycles. The lowest BCUT2D eigenvalue weighted by molar-refractivity contribution is -0.136. The Morgan fingerprint density at radius 2 is 1.73 bits per heavy atom. The summed E-state index contributed by atoms with van der Waals surface area (Å²) >= 11 is 0. The van der Waals surface area contributed by atoms with Gasteiger partial charge in [0, 0.05) is 31.2 Å². The number of benzene rings is 2. The molecule has 33 heavy (non-hydrogen) atoms. The summed E-state index contributed by atoms with van der Waals surface area (Å²) in [5.74, 6) is -1.61. The molecule has 2 N–H and O–H groups in total. The van der Waals surface area contributed by atoms with Crippen LogP contribution in [0, 0.1) is 6.92 Å². The number of anilines is 2. The first kappa shape index (κ1) is 22.5. The molecule has 2 heterocycles. The average molecular weight is 465 g/mol. The third-order valence-corrected chi connectivity index (χ3v) is 7.26. The number of aromatic nitrogens is 1. The summed E-state index contributed by atoms with van der Waals surface area (Å²) < 4.78 is 28.0. The number of sulfonamides is 1. The van der Waals surface area contributed by atoms with E-state index in [1.165, 1.54) is 4.31 Å². The van der Waals surface area contributed by atoms with Gasteiger partial charge in [0.25, 0.3) is 10.0 Å². The van der Waals surface area contributed by atoms with E-state index in [0.29, 0.717) is 24.3 Å². The van der Waals surface area contributed by atoms with Crippen LogP contribution in [-0.2, 0) is 32.6 Å². The smallest absolute Gasteiger partial charge is 0.313 e. The zero-order valence-corrected chi connectivity index (χ0v) is 18.9. The molecule has 0 unspecified atom stereocenters. The van der Waals surface area contributed by atoms with Gasteiger partial charge in [0.15, 0.2) is 0 Å². The number of hydrogen-bond donors (Lipinski definition) is 2. The molecular weight excluding hydrogens is 440 g/mol. The monoisotopic (exact) mass is 464 g/mol. The molecule has 0 fully saturated rings. The molecule has 2 aromatic carbocycles. The molecule has 3 aromatic rings. The molecule has 1 aliphatic rings. The van der Waals surface area contributed by atoms with Crippen molar-refractivity contribution in [3.63, 3.8) is 0 Å². The number of nitrogens with zero attached hydrogens (tertiary/aromatic N) is 2. The van der Waals surface area contributed by atoms with Gasteiger partial charge >= 0.3 is 11.8 Å². The lowest BCUT2D eigenvalue weighted by Gasteiger charge is -2.31. The summed E-state index contributed by atoms with van der Waals surface area (Å²) in [5.41, 5.74) is 3.52. The Kier molecular flexibility index (Phi) is 6.41. The van der Waals surface area contributed by atoms with Crippen molar-refractivity contribution in [1.29, 1.82) is 0 Å². The second-order valence-corrected chi connectivity index (χ2v) is 9.69. The largest absolute Gasteiger partial charge is 0.344 e. The minimum atomic E-state index is -3.76. The Morgan fingerprint density at radius 3 is 2.45 bits per heavy atom. The number of amides is 2. The highest BCUT2D eigenvalue weighted by Crippen LogP contribution is 2.34. The summed E-state index contributed by atoms with van der Waals surface area (Å²) in [7, 11) is -3.76. The van der Waals surface area contributed by atoms with Gasteiger partial charge in [-0.2, -0.15) is 0 Å². The minimum Gasteiger partial charge on any atom is -0.344 e. The van der Waals surface area contributed by atoms with E-state index in [4.69, 9.17) is 0 Å². The molecule has 1 aromatic heterocycles. The standard InChI is InChI=1S/C24H24N4O4S/c1-17-4-8-21(9-5-17)33(31,32)28-14-2-3-19-6-7-20(15-22(19)28)27-24(30)23(29)26-16-18-10-12-25-13-11-18/h4-13,15H,2-3,14,16H2,1H3,(H,26,29)(H,27,30). The predicted molar refractivity (Wildman–Crippen MR) is 125 cm³/mol. The fourth-order valence-corrected chi connectivity index (χ4v) is 5.19. The molecule has 0 saturated carbocycles. The number of fused-ring (bicyclic) bond motifs is 1. The number of hydrogen-bond acceptors (Lipinski definition) is 5. The van der Waals surface area contributed by atoms with Crippen molar-refractivity contribution in [1.82, 2.24) is 10.3 Å². The molecule has 0 bridgehead atoms. The lowest BCUT2D eigenvalue weighted by atomic mass is 10.0. The molecule has 8 nitrogen and oxygen atoms in total. The highest BCUT2D eigenvalue weighted by atomic mass is 32.2. The summed E-state index contributed by atoms with van der Waals surface area (Å²) in [5, 5.41) is 5.12. The van der Waals surface area contributed by atoms with Gasteiger partial charge in [0.1, 0.15) is 0 Å². The van der Waals surface area contributed by atoms with Crippen LogP contribution in [0.2, 0.25) is 0 Å². The van der Waals surface area contributed by atoms with Crippen molar-refractivity contribution in [2.24, 2.45) is 0 Å². The molecule has 9 heteroatoms. The van der Waals surface area contributed by atoms with Crippen LogP contribution in [0.3, 0.4) is 0 Å². The van der Waals surface area contributed by atoms with Gasteiger partial charge in [-0.05, 0) is 67.3 Å². The summed E-state index contributed by atoms with van der Waals surface area (Å²) in [6.07, 6.45) is 4.63. The molecule has 1 aliphatic heterocycles. The Labute approximate surface area is 192 Å². The van der Waals surface area contributed by atoms with Crippen molar-refractivity contribution in [2.75, 3.05) is 16.2 Å². The van der Waals surface area contributed by atoms with Crippen molar-refractivity contribution in [3.05, 3.63) is 83.7 Å². The van der Waals surface area contributed by atoms with E-state index < -0.39 is 21.8 Å². The van der Waals surface area contributed by atoms with Crippen LogP contribution in [-0.4, -0.2) is 31.8 Å². The molecule has 0 radical (unpaired) electrons. The summed E-state index contributed by atoms with van der Waals surface area (Å²) in [6, 6.07) is 15.3. The number of aryl methyl sites for hydroxylation is 2. The van der Waals surface area contributed by atoms with Crippen molar-refractivity contribution in [2.45, 2.75) is 31.2 Å². The Bertz CT molecular complexity index is 1280. The molecule has 170 valence electrons. The van der Waals surface area contributed by atoms with E-state index in [-0.39, 0.29) is 11.4 Å². The number of pyridine rings is 1. The normalized spacial score (nSPS) is 13.2. The van der Waals surface area contributed by atoms with Crippen LogP contribution in [0.1, 0.15) is 23.1 Å². The molecule has 0 aliphatic carbocycles. The predicted octanol–water partition coefficient (Wildman–Crippen LogP) is 2.79. The van der Waals surface area contributed by atoms with Crippen LogP contribution in [0.15, 0.2) is 71.9 Å². The third kappa shape index (κ3) is 5.04. The van der Waals surface area contributed by atoms with Crippen LogP contribution < -0.4 is 14.9 Å². The minimum absolute atomic E-state index is 0.196. The topological polar surface area (TPSA) is 108 Å². The van der Waals surface area contributed by atoms with E-state index >= 15 is 0 Å². The fourth-order valence-electron chi connectivity index (χ4n) is 3.66. The molecule has 0 atom stereocenters. The Hall–Kier alpha value is -3.72. The van der Waals surface area contributed by atoms with E-state index in [0.717, 1.165) is 23.1 Å². The van der Waals surface area contributed by atoms with Crippen LogP contribution in [0.5, 0.6) is 0 Å². The first-order valence-electron chi connectivity index (χ1n) is 10.5. The Morgan fingerprint density at radius 1 is 1.00 bits per heavy atom. The maximum atomic E-state index is 13.3. The van der Waals surface area contributed by atoms with Gasteiger partial charge in [0.05, 0.1) is 10.6 Å². The maximum Gasteiger partial charge on any atom is 0.313 e. The fraction of sp³-hybridized carbons (Fsp3) is 0.208. The van der Waals surface area contributed by atoms with Crippen LogP contribution in [0.25, 0.3) is 0 Å². The van der Waals surface area contributed by atoms with E-state index in [9.17, 15) is 18.0 Å².